The number of carbonyl (C=O) groups is 1. The van der Waals surface area contributed by atoms with Crippen molar-refractivity contribution in [3.8, 4) is 0 Å². The van der Waals surface area contributed by atoms with Crippen molar-refractivity contribution < 1.29 is 19.0 Å². The minimum Gasteiger partial charge on any atom is -0.462 e. The molecule has 0 spiro atoms. The van der Waals surface area contributed by atoms with E-state index in [4.69, 9.17) is 14.2 Å². The predicted molar refractivity (Wildman–Crippen MR) is 128 cm³/mol. The fourth-order valence-corrected chi connectivity index (χ4v) is 3.57. The summed E-state index contributed by atoms with van der Waals surface area (Å²) < 4.78 is 16.0. The van der Waals surface area contributed by atoms with Crippen molar-refractivity contribution >= 4 is 5.97 Å². The Hall–Kier alpha value is -1.39. The van der Waals surface area contributed by atoms with E-state index in [1.807, 2.05) is 30.3 Å². The molecule has 178 valence electrons. The van der Waals surface area contributed by atoms with Crippen LogP contribution in [0.3, 0.4) is 0 Å². The SMILES string of the molecule is CCCCCCCCCCCCCCCCOCC(=O)OCCOCc1ccccc1. The lowest BCUT2D eigenvalue weighted by atomic mass is 10.0. The van der Waals surface area contributed by atoms with Gasteiger partial charge in [-0.05, 0) is 12.0 Å². The Bertz CT molecular complexity index is 503. The highest BCUT2D eigenvalue weighted by Gasteiger charge is 2.03. The zero-order valence-corrected chi connectivity index (χ0v) is 20.0. The van der Waals surface area contributed by atoms with Crippen LogP contribution < -0.4 is 0 Å². The Morgan fingerprint density at radius 2 is 1.19 bits per heavy atom. The van der Waals surface area contributed by atoms with Gasteiger partial charge in [-0.1, -0.05) is 121 Å². The van der Waals surface area contributed by atoms with Gasteiger partial charge in [-0.2, -0.15) is 0 Å². The molecule has 31 heavy (non-hydrogen) atoms. The first-order valence-electron chi connectivity index (χ1n) is 12.7. The normalized spacial score (nSPS) is 11.0. The van der Waals surface area contributed by atoms with E-state index < -0.39 is 0 Å². The van der Waals surface area contributed by atoms with Gasteiger partial charge in [0.15, 0.2) is 0 Å². The van der Waals surface area contributed by atoms with Crippen molar-refractivity contribution in [2.24, 2.45) is 0 Å². The fourth-order valence-electron chi connectivity index (χ4n) is 3.57. The van der Waals surface area contributed by atoms with E-state index in [1.165, 1.54) is 83.5 Å². The van der Waals surface area contributed by atoms with Gasteiger partial charge < -0.3 is 14.2 Å². The van der Waals surface area contributed by atoms with Gasteiger partial charge in [0.25, 0.3) is 0 Å². The molecular formula is C27H46O4. The standard InChI is InChI=1S/C27H46O4/c1-2-3-4-5-6-7-8-9-10-11-12-13-14-18-21-29-25-27(28)31-23-22-30-24-26-19-16-15-17-20-26/h15-17,19-20H,2-14,18,21-25H2,1H3. The predicted octanol–water partition coefficient (Wildman–Crippen LogP) is 7.24. The van der Waals surface area contributed by atoms with Gasteiger partial charge in [-0.15, -0.1) is 0 Å². The average molecular weight is 435 g/mol. The summed E-state index contributed by atoms with van der Waals surface area (Å²) >= 11 is 0. The Kier molecular flexibility index (Phi) is 19.5. The van der Waals surface area contributed by atoms with E-state index >= 15 is 0 Å². The second-order valence-electron chi connectivity index (χ2n) is 8.41. The maximum absolute atomic E-state index is 11.6. The second-order valence-corrected chi connectivity index (χ2v) is 8.41. The fraction of sp³-hybridized carbons (Fsp3) is 0.741. The highest BCUT2D eigenvalue weighted by molar-refractivity contribution is 5.70. The van der Waals surface area contributed by atoms with Crippen molar-refractivity contribution in [1.29, 1.82) is 0 Å². The third-order valence-electron chi connectivity index (χ3n) is 5.46. The quantitative estimate of drug-likeness (QED) is 0.142. The molecule has 1 aromatic rings. The molecule has 0 aliphatic rings. The number of carbonyl (C=O) groups excluding carboxylic acids is 1. The molecule has 0 radical (unpaired) electrons. The van der Waals surface area contributed by atoms with Gasteiger partial charge in [0.2, 0.25) is 0 Å². The molecule has 0 aliphatic carbocycles. The summed E-state index contributed by atoms with van der Waals surface area (Å²) in [6.07, 6.45) is 18.8. The molecule has 0 saturated carbocycles. The van der Waals surface area contributed by atoms with Crippen molar-refractivity contribution in [3.63, 3.8) is 0 Å². The zero-order valence-electron chi connectivity index (χ0n) is 20.0. The van der Waals surface area contributed by atoms with Crippen molar-refractivity contribution in [1.82, 2.24) is 0 Å². The van der Waals surface area contributed by atoms with Crippen LogP contribution >= 0.6 is 0 Å². The summed E-state index contributed by atoms with van der Waals surface area (Å²) in [6, 6.07) is 9.96. The lowest BCUT2D eigenvalue weighted by Crippen LogP contribution is -2.16. The number of unbranched alkanes of at least 4 members (excludes halogenated alkanes) is 13. The van der Waals surface area contributed by atoms with Crippen LogP contribution in [0.4, 0.5) is 0 Å². The second kappa shape index (κ2) is 21.8. The highest BCUT2D eigenvalue weighted by Crippen LogP contribution is 2.13. The number of hydrogen-bond acceptors (Lipinski definition) is 4. The molecule has 0 atom stereocenters. The van der Waals surface area contributed by atoms with Gasteiger partial charge >= 0.3 is 5.97 Å². The number of hydrogen-bond donors (Lipinski definition) is 0. The van der Waals surface area contributed by atoms with Crippen LogP contribution in [0.2, 0.25) is 0 Å². The van der Waals surface area contributed by atoms with E-state index in [-0.39, 0.29) is 19.2 Å². The van der Waals surface area contributed by atoms with Crippen LogP contribution in [0.15, 0.2) is 30.3 Å². The maximum Gasteiger partial charge on any atom is 0.332 e. The summed E-state index contributed by atoms with van der Waals surface area (Å²) in [5.74, 6) is -0.311. The Morgan fingerprint density at radius 1 is 0.645 bits per heavy atom. The van der Waals surface area contributed by atoms with E-state index in [2.05, 4.69) is 6.92 Å². The van der Waals surface area contributed by atoms with Gasteiger partial charge in [0, 0.05) is 6.61 Å². The molecule has 0 aromatic heterocycles. The number of rotatable bonds is 22. The smallest absolute Gasteiger partial charge is 0.332 e. The first kappa shape index (κ1) is 27.6. The van der Waals surface area contributed by atoms with E-state index in [1.54, 1.807) is 0 Å². The molecular weight excluding hydrogens is 388 g/mol. The monoisotopic (exact) mass is 434 g/mol. The van der Waals surface area contributed by atoms with Crippen molar-refractivity contribution in [2.75, 3.05) is 26.4 Å². The van der Waals surface area contributed by atoms with Crippen LogP contribution in [0.25, 0.3) is 0 Å². The summed E-state index contributed by atoms with van der Waals surface area (Å²) in [4.78, 5) is 11.6. The van der Waals surface area contributed by atoms with Gasteiger partial charge in [0.1, 0.15) is 13.2 Å². The van der Waals surface area contributed by atoms with E-state index in [9.17, 15) is 4.79 Å². The Labute approximate surface area is 191 Å². The lowest BCUT2D eigenvalue weighted by Gasteiger charge is -2.07. The molecule has 0 amide bonds. The average Bonchev–Trinajstić information content (AvgIpc) is 2.79. The third-order valence-corrected chi connectivity index (χ3v) is 5.46. The molecule has 0 aliphatic heterocycles. The number of esters is 1. The van der Waals surface area contributed by atoms with Crippen LogP contribution in [0.1, 0.15) is 102 Å². The Morgan fingerprint density at radius 3 is 1.77 bits per heavy atom. The first-order chi connectivity index (χ1) is 15.3. The molecule has 4 nitrogen and oxygen atoms in total. The largest absolute Gasteiger partial charge is 0.462 e. The topological polar surface area (TPSA) is 44.8 Å². The molecule has 0 unspecified atom stereocenters. The molecule has 0 heterocycles. The van der Waals surface area contributed by atoms with Gasteiger partial charge in [-0.3, -0.25) is 0 Å². The molecule has 4 heteroatoms. The van der Waals surface area contributed by atoms with Crippen LogP contribution in [-0.4, -0.2) is 32.4 Å². The molecule has 0 bridgehead atoms. The lowest BCUT2D eigenvalue weighted by molar-refractivity contribution is -0.150. The highest BCUT2D eigenvalue weighted by atomic mass is 16.6. The number of ether oxygens (including phenoxy) is 3. The van der Waals surface area contributed by atoms with Crippen molar-refractivity contribution in [2.45, 2.75) is 103 Å². The molecule has 0 N–H and O–H groups in total. The van der Waals surface area contributed by atoms with E-state index in [0.717, 1.165) is 12.0 Å². The molecule has 0 fully saturated rings. The Balaban J connectivity index is 1.73. The summed E-state index contributed by atoms with van der Waals surface area (Å²) in [6.45, 7) is 4.16. The van der Waals surface area contributed by atoms with E-state index in [0.29, 0.717) is 19.8 Å². The summed E-state index contributed by atoms with van der Waals surface area (Å²) in [7, 11) is 0. The number of benzene rings is 1. The zero-order chi connectivity index (χ0) is 22.2. The first-order valence-corrected chi connectivity index (χ1v) is 12.7. The van der Waals surface area contributed by atoms with Crippen molar-refractivity contribution in [3.05, 3.63) is 35.9 Å². The van der Waals surface area contributed by atoms with Crippen LogP contribution in [-0.2, 0) is 25.6 Å². The molecule has 0 saturated heterocycles. The minimum atomic E-state index is -0.311. The summed E-state index contributed by atoms with van der Waals surface area (Å²) in [5, 5.41) is 0. The maximum atomic E-state index is 11.6. The van der Waals surface area contributed by atoms with Gasteiger partial charge in [-0.25, -0.2) is 4.79 Å². The summed E-state index contributed by atoms with van der Waals surface area (Å²) in [5.41, 5.74) is 1.12. The molecule has 1 aromatic carbocycles. The van der Waals surface area contributed by atoms with Crippen LogP contribution in [0, 0.1) is 0 Å². The van der Waals surface area contributed by atoms with Crippen LogP contribution in [0.5, 0.6) is 0 Å². The van der Waals surface area contributed by atoms with Gasteiger partial charge in [0.05, 0.1) is 13.2 Å². The molecule has 1 rings (SSSR count). The minimum absolute atomic E-state index is 0.0388. The third kappa shape index (κ3) is 19.1.